The molecule has 0 aromatic carbocycles. The van der Waals surface area contributed by atoms with E-state index in [2.05, 4.69) is 32.9 Å². The van der Waals surface area contributed by atoms with Crippen LogP contribution in [0, 0.1) is 0 Å². The summed E-state index contributed by atoms with van der Waals surface area (Å²) in [5.41, 5.74) is 0. The Kier molecular flexibility index (Phi) is 6.09. The molecule has 0 aliphatic carbocycles. The normalized spacial score (nSPS) is 15.4. The van der Waals surface area contributed by atoms with Crippen LogP contribution in [-0.4, -0.2) is 71.5 Å². The third-order valence-corrected chi connectivity index (χ3v) is 3.62. The molecule has 1 fully saturated rings. The number of carbonyl (C=O) groups excluding carboxylic acids is 1. The molecule has 6 heteroatoms. The summed E-state index contributed by atoms with van der Waals surface area (Å²) in [6.45, 7) is 12.3. The molecule has 6 nitrogen and oxygen atoms in total. The molecule has 0 N–H and O–H groups in total. The van der Waals surface area contributed by atoms with Crippen LogP contribution in [0.1, 0.15) is 0 Å². The van der Waals surface area contributed by atoms with E-state index in [1.807, 2.05) is 6.07 Å². The molecule has 1 aromatic heterocycles. The van der Waals surface area contributed by atoms with Crippen molar-refractivity contribution in [3.05, 3.63) is 43.8 Å². The van der Waals surface area contributed by atoms with Crippen LogP contribution in [0.3, 0.4) is 0 Å². The first-order valence-electron chi connectivity index (χ1n) is 7.48. The van der Waals surface area contributed by atoms with E-state index < -0.39 is 0 Å². The van der Waals surface area contributed by atoms with Gasteiger partial charge in [0.25, 0.3) is 0 Å². The second kappa shape index (κ2) is 8.29. The Morgan fingerprint density at radius 2 is 1.73 bits per heavy atom. The molecule has 2 heterocycles. The zero-order valence-electron chi connectivity index (χ0n) is 12.9. The molecule has 1 aromatic rings. The molecule has 118 valence electrons. The highest BCUT2D eigenvalue weighted by Gasteiger charge is 2.22. The van der Waals surface area contributed by atoms with Gasteiger partial charge in [-0.05, 0) is 6.07 Å². The number of anilines is 1. The lowest BCUT2D eigenvalue weighted by molar-refractivity contribution is -0.131. The van der Waals surface area contributed by atoms with E-state index in [1.54, 1.807) is 29.4 Å². The highest BCUT2D eigenvalue weighted by Crippen LogP contribution is 2.09. The SMILES string of the molecule is C=CCN(CC=C)C(=O)CN1CCN(c2ncccn2)CC1. The van der Waals surface area contributed by atoms with Gasteiger partial charge in [0.15, 0.2) is 0 Å². The molecule has 1 aliphatic heterocycles. The number of aromatic nitrogens is 2. The van der Waals surface area contributed by atoms with Crippen LogP contribution in [0.25, 0.3) is 0 Å². The number of hydrogen-bond donors (Lipinski definition) is 0. The van der Waals surface area contributed by atoms with Gasteiger partial charge in [-0.1, -0.05) is 12.2 Å². The van der Waals surface area contributed by atoms with Gasteiger partial charge in [0.05, 0.1) is 6.54 Å². The Hall–Kier alpha value is -2.21. The van der Waals surface area contributed by atoms with E-state index in [4.69, 9.17) is 0 Å². The van der Waals surface area contributed by atoms with E-state index in [0.29, 0.717) is 19.6 Å². The van der Waals surface area contributed by atoms with Crippen molar-refractivity contribution in [2.75, 3.05) is 50.7 Å². The number of hydrogen-bond acceptors (Lipinski definition) is 5. The van der Waals surface area contributed by atoms with Gasteiger partial charge in [-0.15, -0.1) is 13.2 Å². The molecule has 2 rings (SSSR count). The van der Waals surface area contributed by atoms with Crippen molar-refractivity contribution in [2.24, 2.45) is 0 Å². The maximum atomic E-state index is 12.3. The standard InChI is InChI=1S/C16H23N5O/c1-3-8-20(9-4-2)15(22)14-19-10-12-21(13-11-19)16-17-6-5-7-18-16/h3-7H,1-2,8-14H2. The summed E-state index contributed by atoms with van der Waals surface area (Å²) in [7, 11) is 0. The van der Waals surface area contributed by atoms with Crippen LogP contribution in [0.5, 0.6) is 0 Å². The molecule has 22 heavy (non-hydrogen) atoms. The van der Waals surface area contributed by atoms with E-state index in [-0.39, 0.29) is 5.91 Å². The van der Waals surface area contributed by atoms with Crippen molar-refractivity contribution in [2.45, 2.75) is 0 Å². The van der Waals surface area contributed by atoms with E-state index in [9.17, 15) is 4.79 Å². The zero-order valence-corrected chi connectivity index (χ0v) is 12.9. The molecule has 0 bridgehead atoms. The maximum Gasteiger partial charge on any atom is 0.237 e. The molecular weight excluding hydrogens is 278 g/mol. The van der Waals surface area contributed by atoms with Gasteiger partial charge < -0.3 is 9.80 Å². The molecule has 1 aliphatic rings. The van der Waals surface area contributed by atoms with Gasteiger partial charge >= 0.3 is 0 Å². The van der Waals surface area contributed by atoms with E-state index in [1.165, 1.54) is 0 Å². The third kappa shape index (κ3) is 4.39. The molecule has 1 amide bonds. The lowest BCUT2D eigenvalue weighted by Gasteiger charge is -2.35. The van der Waals surface area contributed by atoms with Gasteiger partial charge in [-0.25, -0.2) is 9.97 Å². The van der Waals surface area contributed by atoms with Gasteiger partial charge in [0.1, 0.15) is 0 Å². The fraction of sp³-hybridized carbons (Fsp3) is 0.438. The van der Waals surface area contributed by atoms with Gasteiger partial charge in [-0.3, -0.25) is 9.69 Å². The Morgan fingerprint density at radius 3 is 2.27 bits per heavy atom. The Labute approximate surface area is 131 Å². The van der Waals surface area contributed by atoms with Crippen molar-refractivity contribution in [3.8, 4) is 0 Å². The van der Waals surface area contributed by atoms with E-state index in [0.717, 1.165) is 32.1 Å². The average molecular weight is 301 g/mol. The quantitative estimate of drug-likeness (QED) is 0.697. The van der Waals surface area contributed by atoms with Crippen LogP contribution in [-0.2, 0) is 4.79 Å². The largest absolute Gasteiger partial charge is 0.338 e. The summed E-state index contributed by atoms with van der Waals surface area (Å²) in [5, 5.41) is 0. The molecule has 0 radical (unpaired) electrons. The van der Waals surface area contributed by atoms with Crippen molar-refractivity contribution in [3.63, 3.8) is 0 Å². The molecule has 1 saturated heterocycles. The number of carbonyl (C=O) groups is 1. The maximum absolute atomic E-state index is 12.3. The highest BCUT2D eigenvalue weighted by molar-refractivity contribution is 5.78. The van der Waals surface area contributed by atoms with Crippen LogP contribution < -0.4 is 4.90 Å². The molecule has 0 unspecified atom stereocenters. The molecule has 0 saturated carbocycles. The number of amides is 1. The van der Waals surface area contributed by atoms with Crippen LogP contribution in [0.2, 0.25) is 0 Å². The van der Waals surface area contributed by atoms with Crippen molar-refractivity contribution in [1.82, 2.24) is 19.8 Å². The highest BCUT2D eigenvalue weighted by atomic mass is 16.2. The second-order valence-electron chi connectivity index (χ2n) is 5.19. The minimum Gasteiger partial charge on any atom is -0.338 e. The number of rotatable bonds is 7. The first kappa shape index (κ1) is 16.2. The first-order valence-corrected chi connectivity index (χ1v) is 7.48. The Morgan fingerprint density at radius 1 is 1.14 bits per heavy atom. The lowest BCUT2D eigenvalue weighted by atomic mass is 10.3. The topological polar surface area (TPSA) is 52.6 Å². The second-order valence-corrected chi connectivity index (χ2v) is 5.19. The smallest absolute Gasteiger partial charge is 0.237 e. The van der Waals surface area contributed by atoms with Crippen LogP contribution >= 0.6 is 0 Å². The predicted octanol–water partition coefficient (Wildman–Crippen LogP) is 0.799. The van der Waals surface area contributed by atoms with Crippen molar-refractivity contribution < 1.29 is 4.79 Å². The third-order valence-electron chi connectivity index (χ3n) is 3.62. The van der Waals surface area contributed by atoms with Gasteiger partial charge in [0.2, 0.25) is 11.9 Å². The van der Waals surface area contributed by atoms with Crippen LogP contribution in [0.4, 0.5) is 5.95 Å². The van der Waals surface area contributed by atoms with E-state index >= 15 is 0 Å². The predicted molar refractivity (Wildman–Crippen MR) is 87.7 cm³/mol. The lowest BCUT2D eigenvalue weighted by Crippen LogP contribution is -2.50. The van der Waals surface area contributed by atoms with Crippen molar-refractivity contribution in [1.29, 1.82) is 0 Å². The average Bonchev–Trinajstić information content (AvgIpc) is 2.56. The summed E-state index contributed by atoms with van der Waals surface area (Å²) >= 11 is 0. The summed E-state index contributed by atoms with van der Waals surface area (Å²) in [6.07, 6.45) is 6.99. The fourth-order valence-corrected chi connectivity index (χ4v) is 2.44. The zero-order chi connectivity index (χ0) is 15.8. The summed E-state index contributed by atoms with van der Waals surface area (Å²) < 4.78 is 0. The van der Waals surface area contributed by atoms with Crippen LogP contribution in [0.15, 0.2) is 43.8 Å². The summed E-state index contributed by atoms with van der Waals surface area (Å²) in [4.78, 5) is 26.9. The number of nitrogens with zero attached hydrogens (tertiary/aromatic N) is 5. The molecule has 0 atom stereocenters. The monoisotopic (exact) mass is 301 g/mol. The minimum atomic E-state index is 0.115. The summed E-state index contributed by atoms with van der Waals surface area (Å²) in [6, 6.07) is 1.81. The first-order chi connectivity index (χ1) is 10.7. The van der Waals surface area contributed by atoms with Crippen molar-refractivity contribution >= 4 is 11.9 Å². The summed E-state index contributed by atoms with van der Waals surface area (Å²) in [5.74, 6) is 0.873. The Bertz CT molecular complexity index is 487. The molecular formula is C16H23N5O. The minimum absolute atomic E-state index is 0.115. The number of piperazine rings is 1. The fourth-order valence-electron chi connectivity index (χ4n) is 2.44. The van der Waals surface area contributed by atoms with Gasteiger partial charge in [-0.2, -0.15) is 0 Å². The van der Waals surface area contributed by atoms with Gasteiger partial charge in [0, 0.05) is 51.7 Å². The Balaban J connectivity index is 1.82. The molecule has 0 spiro atoms.